The quantitative estimate of drug-likeness (QED) is 0.287. The van der Waals surface area contributed by atoms with Gasteiger partial charge in [-0.15, -0.1) is 0 Å². The fourth-order valence-electron chi connectivity index (χ4n) is 3.48. The average Bonchev–Trinajstić information content (AvgIpc) is 2.86. The highest BCUT2D eigenvalue weighted by atomic mass is 35.5. The summed E-state index contributed by atoms with van der Waals surface area (Å²) >= 11 is 6.35. The van der Waals surface area contributed by atoms with Gasteiger partial charge in [-0.3, -0.25) is 25.2 Å². The number of para-hydroxylation sites is 1. The van der Waals surface area contributed by atoms with Crippen molar-refractivity contribution in [1.29, 1.82) is 0 Å². The van der Waals surface area contributed by atoms with Gasteiger partial charge in [0.2, 0.25) is 5.91 Å². The van der Waals surface area contributed by atoms with Crippen molar-refractivity contribution in [2.75, 3.05) is 0 Å². The van der Waals surface area contributed by atoms with Crippen molar-refractivity contribution in [3.05, 3.63) is 107 Å². The Morgan fingerprint density at radius 3 is 2.29 bits per heavy atom. The first-order valence-corrected chi connectivity index (χ1v) is 11.1. The lowest BCUT2D eigenvalue weighted by Crippen LogP contribution is -2.45. The summed E-state index contributed by atoms with van der Waals surface area (Å²) in [7, 11) is 0. The topological polar surface area (TPSA) is 100 Å². The number of carbonyl (C=O) groups excluding carboxylic acids is 3. The Morgan fingerprint density at radius 1 is 0.857 bits per heavy atom. The Hall–Kier alpha value is -4.49. The van der Waals surface area contributed by atoms with Crippen LogP contribution >= 0.6 is 11.6 Å². The Labute approximate surface area is 206 Å². The van der Waals surface area contributed by atoms with Gasteiger partial charge in [0.1, 0.15) is 5.70 Å². The lowest BCUT2D eigenvalue weighted by atomic mass is 10.0. The standard InChI is InChI=1S/C27H21ClN4O3/c1-17(33)29-25(15-18-9-3-2-4-10-18)27(35)32-31-26(34)21-16-24(20-12-5-7-13-22(20)28)30-23-14-8-6-11-19(21)23/h2-16H,1H3,(H,29,33)(H,31,34)(H,32,35)/b25-15+. The molecule has 174 valence electrons. The Kier molecular flexibility index (Phi) is 7.18. The number of fused-ring (bicyclic) bond motifs is 1. The second-order valence-electron chi connectivity index (χ2n) is 7.61. The summed E-state index contributed by atoms with van der Waals surface area (Å²) in [6.07, 6.45) is 1.51. The van der Waals surface area contributed by atoms with E-state index in [1.807, 2.05) is 42.5 Å². The van der Waals surface area contributed by atoms with E-state index in [0.717, 1.165) is 0 Å². The van der Waals surface area contributed by atoms with E-state index in [4.69, 9.17) is 11.6 Å². The molecule has 0 unspecified atom stereocenters. The zero-order valence-electron chi connectivity index (χ0n) is 18.7. The molecule has 4 aromatic rings. The van der Waals surface area contributed by atoms with Gasteiger partial charge >= 0.3 is 0 Å². The van der Waals surface area contributed by atoms with Crippen molar-refractivity contribution in [3.8, 4) is 11.3 Å². The molecule has 0 aliphatic heterocycles. The fraction of sp³-hybridized carbons (Fsp3) is 0.0370. The van der Waals surface area contributed by atoms with Gasteiger partial charge in [0, 0.05) is 22.9 Å². The van der Waals surface area contributed by atoms with Crippen LogP contribution in [-0.2, 0) is 9.59 Å². The van der Waals surface area contributed by atoms with E-state index in [1.54, 1.807) is 42.5 Å². The molecule has 1 aromatic heterocycles. The van der Waals surface area contributed by atoms with E-state index in [-0.39, 0.29) is 5.70 Å². The summed E-state index contributed by atoms with van der Waals surface area (Å²) in [5, 5.41) is 3.60. The number of pyridine rings is 1. The number of hydrogen-bond acceptors (Lipinski definition) is 4. The molecule has 7 nitrogen and oxygen atoms in total. The Bertz CT molecular complexity index is 1450. The van der Waals surface area contributed by atoms with Crippen molar-refractivity contribution in [2.24, 2.45) is 0 Å². The molecule has 0 aliphatic carbocycles. The molecular weight excluding hydrogens is 464 g/mol. The molecular formula is C27H21ClN4O3. The molecule has 3 aromatic carbocycles. The molecule has 0 spiro atoms. The van der Waals surface area contributed by atoms with E-state index in [9.17, 15) is 14.4 Å². The molecule has 0 bridgehead atoms. The largest absolute Gasteiger partial charge is 0.322 e. The number of carbonyl (C=O) groups is 3. The summed E-state index contributed by atoms with van der Waals surface area (Å²) in [6.45, 7) is 1.30. The second kappa shape index (κ2) is 10.6. The van der Waals surface area contributed by atoms with Crippen LogP contribution in [-0.4, -0.2) is 22.7 Å². The summed E-state index contributed by atoms with van der Waals surface area (Å²) < 4.78 is 0. The molecule has 3 N–H and O–H groups in total. The minimum atomic E-state index is -0.679. The maximum atomic E-state index is 13.1. The van der Waals surface area contributed by atoms with E-state index in [1.165, 1.54) is 13.0 Å². The second-order valence-corrected chi connectivity index (χ2v) is 8.02. The van der Waals surface area contributed by atoms with Crippen molar-refractivity contribution in [1.82, 2.24) is 21.2 Å². The SMILES string of the molecule is CC(=O)N/C(=C/c1ccccc1)C(=O)NNC(=O)c1cc(-c2ccccc2Cl)nc2ccccc12. The smallest absolute Gasteiger partial charge is 0.286 e. The minimum Gasteiger partial charge on any atom is -0.322 e. The van der Waals surface area contributed by atoms with Gasteiger partial charge in [0.25, 0.3) is 11.8 Å². The third-order valence-electron chi connectivity index (χ3n) is 5.07. The first-order chi connectivity index (χ1) is 16.9. The normalized spacial score (nSPS) is 11.1. The number of hydrogen-bond donors (Lipinski definition) is 3. The zero-order chi connectivity index (χ0) is 24.8. The average molecular weight is 485 g/mol. The summed E-state index contributed by atoms with van der Waals surface area (Å²) in [6, 6.07) is 25.0. The number of rotatable bonds is 5. The van der Waals surface area contributed by atoms with Gasteiger partial charge in [-0.2, -0.15) is 0 Å². The monoisotopic (exact) mass is 484 g/mol. The molecule has 0 aliphatic rings. The molecule has 8 heteroatoms. The van der Waals surface area contributed by atoms with Crippen molar-refractivity contribution in [3.63, 3.8) is 0 Å². The minimum absolute atomic E-state index is 0.0136. The maximum Gasteiger partial charge on any atom is 0.286 e. The first-order valence-electron chi connectivity index (χ1n) is 10.7. The van der Waals surface area contributed by atoms with Crippen LogP contribution in [0.25, 0.3) is 28.2 Å². The molecule has 3 amide bonds. The van der Waals surface area contributed by atoms with E-state index < -0.39 is 17.7 Å². The highest BCUT2D eigenvalue weighted by Crippen LogP contribution is 2.29. The van der Waals surface area contributed by atoms with Crippen molar-refractivity contribution < 1.29 is 14.4 Å². The van der Waals surface area contributed by atoms with Gasteiger partial charge < -0.3 is 5.32 Å². The molecule has 0 atom stereocenters. The van der Waals surface area contributed by atoms with Gasteiger partial charge in [-0.05, 0) is 29.8 Å². The molecule has 0 saturated heterocycles. The summed E-state index contributed by atoms with van der Waals surface area (Å²) in [5.41, 5.74) is 7.61. The third-order valence-corrected chi connectivity index (χ3v) is 5.40. The van der Waals surface area contributed by atoms with Crippen LogP contribution < -0.4 is 16.2 Å². The third kappa shape index (κ3) is 5.72. The Morgan fingerprint density at radius 2 is 1.54 bits per heavy atom. The highest BCUT2D eigenvalue weighted by molar-refractivity contribution is 6.33. The molecule has 1 heterocycles. The first kappa shape index (κ1) is 23.7. The number of nitrogens with zero attached hydrogens (tertiary/aromatic N) is 1. The zero-order valence-corrected chi connectivity index (χ0v) is 19.5. The van der Waals surface area contributed by atoms with Crippen LogP contribution in [0.4, 0.5) is 0 Å². The number of benzene rings is 3. The lowest BCUT2D eigenvalue weighted by Gasteiger charge is -2.13. The van der Waals surface area contributed by atoms with E-state index in [2.05, 4.69) is 21.2 Å². The predicted molar refractivity (Wildman–Crippen MR) is 136 cm³/mol. The number of nitrogens with one attached hydrogen (secondary N) is 3. The summed E-state index contributed by atoms with van der Waals surface area (Å²) in [5.74, 6) is -1.65. The van der Waals surface area contributed by atoms with Gasteiger partial charge in [0.15, 0.2) is 0 Å². The number of amides is 3. The molecule has 0 saturated carbocycles. The maximum absolute atomic E-state index is 13.1. The number of hydrazine groups is 1. The lowest BCUT2D eigenvalue weighted by molar-refractivity contribution is -0.122. The number of halogens is 1. The van der Waals surface area contributed by atoms with Gasteiger partial charge in [0.05, 0.1) is 16.8 Å². The van der Waals surface area contributed by atoms with Crippen LogP contribution in [0.5, 0.6) is 0 Å². The fourth-order valence-corrected chi connectivity index (χ4v) is 3.71. The van der Waals surface area contributed by atoms with Crippen LogP contribution in [0, 0.1) is 0 Å². The predicted octanol–water partition coefficient (Wildman–Crippen LogP) is 4.49. The van der Waals surface area contributed by atoms with Gasteiger partial charge in [-0.1, -0.05) is 78.3 Å². The molecule has 4 rings (SSSR count). The molecule has 0 fully saturated rings. The van der Waals surface area contributed by atoms with E-state index >= 15 is 0 Å². The summed E-state index contributed by atoms with van der Waals surface area (Å²) in [4.78, 5) is 42.2. The van der Waals surface area contributed by atoms with Crippen LogP contribution in [0.3, 0.4) is 0 Å². The number of aromatic nitrogens is 1. The van der Waals surface area contributed by atoms with E-state index in [0.29, 0.717) is 38.3 Å². The van der Waals surface area contributed by atoms with Gasteiger partial charge in [-0.25, -0.2) is 4.98 Å². The highest BCUT2D eigenvalue weighted by Gasteiger charge is 2.17. The molecule has 35 heavy (non-hydrogen) atoms. The van der Waals surface area contributed by atoms with Crippen LogP contribution in [0.1, 0.15) is 22.8 Å². The van der Waals surface area contributed by atoms with Crippen LogP contribution in [0.2, 0.25) is 5.02 Å². The van der Waals surface area contributed by atoms with Crippen molar-refractivity contribution in [2.45, 2.75) is 6.92 Å². The molecule has 0 radical (unpaired) electrons. The van der Waals surface area contributed by atoms with Crippen LogP contribution in [0.15, 0.2) is 90.6 Å². The van der Waals surface area contributed by atoms with Crippen molar-refractivity contribution >= 4 is 46.3 Å². The Balaban J connectivity index is 1.62.